The minimum absolute atomic E-state index is 0.0633. The summed E-state index contributed by atoms with van der Waals surface area (Å²) in [6.45, 7) is 6.60. The first-order valence-electron chi connectivity index (χ1n) is 22.5. The average molecular weight is 723 g/mol. The van der Waals surface area contributed by atoms with Crippen molar-refractivity contribution in [3.05, 3.63) is 0 Å². The van der Waals surface area contributed by atoms with Crippen LogP contribution in [0.3, 0.4) is 0 Å². The number of unbranched alkanes of at least 4 members (excludes halogenated alkanes) is 30. The van der Waals surface area contributed by atoms with Crippen LogP contribution in [-0.4, -0.2) is 37.2 Å². The first kappa shape index (κ1) is 49.4. The van der Waals surface area contributed by atoms with Crippen LogP contribution in [-0.2, 0) is 28.6 Å². The van der Waals surface area contributed by atoms with Gasteiger partial charge in [0.1, 0.15) is 13.2 Å². The minimum atomic E-state index is -0.756. The topological polar surface area (TPSA) is 78.9 Å². The summed E-state index contributed by atoms with van der Waals surface area (Å²) in [7, 11) is 0. The van der Waals surface area contributed by atoms with E-state index in [2.05, 4.69) is 20.8 Å². The molecule has 0 rings (SSSR count). The third-order valence-electron chi connectivity index (χ3n) is 10.1. The van der Waals surface area contributed by atoms with Crippen LogP contribution in [0.2, 0.25) is 0 Å². The van der Waals surface area contributed by atoms with Crippen molar-refractivity contribution in [3.8, 4) is 0 Å². The van der Waals surface area contributed by atoms with Crippen LogP contribution >= 0.6 is 0 Å². The second-order valence-electron chi connectivity index (χ2n) is 15.3. The molecule has 0 aromatic heterocycles. The molecule has 302 valence electrons. The first-order valence-corrected chi connectivity index (χ1v) is 22.5. The van der Waals surface area contributed by atoms with E-state index in [9.17, 15) is 14.4 Å². The molecule has 6 heteroatoms. The molecule has 0 unspecified atom stereocenters. The van der Waals surface area contributed by atoms with E-state index >= 15 is 0 Å². The maximum atomic E-state index is 12.6. The van der Waals surface area contributed by atoms with Crippen molar-refractivity contribution in [2.45, 2.75) is 258 Å². The van der Waals surface area contributed by atoms with Gasteiger partial charge < -0.3 is 14.2 Å². The summed E-state index contributed by atoms with van der Waals surface area (Å²) in [5.41, 5.74) is 0. The van der Waals surface area contributed by atoms with E-state index < -0.39 is 6.10 Å². The van der Waals surface area contributed by atoms with Gasteiger partial charge in [0.25, 0.3) is 0 Å². The molecular weight excluding hydrogens is 636 g/mol. The molecule has 51 heavy (non-hydrogen) atoms. The smallest absolute Gasteiger partial charge is 0.306 e. The second kappa shape index (κ2) is 41.2. The van der Waals surface area contributed by atoms with Crippen LogP contribution in [0.5, 0.6) is 0 Å². The maximum Gasteiger partial charge on any atom is 0.306 e. The Morgan fingerprint density at radius 1 is 0.314 bits per heavy atom. The zero-order valence-electron chi connectivity index (χ0n) is 34.4. The third kappa shape index (κ3) is 39.5. The van der Waals surface area contributed by atoms with E-state index in [1.54, 1.807) is 0 Å². The van der Waals surface area contributed by atoms with Gasteiger partial charge in [-0.3, -0.25) is 14.4 Å². The Morgan fingerprint density at radius 3 is 0.784 bits per heavy atom. The lowest BCUT2D eigenvalue weighted by Crippen LogP contribution is -2.30. The van der Waals surface area contributed by atoms with Crippen molar-refractivity contribution in [1.29, 1.82) is 0 Å². The molecule has 0 heterocycles. The van der Waals surface area contributed by atoms with Gasteiger partial charge in [-0.25, -0.2) is 0 Å². The van der Waals surface area contributed by atoms with Crippen molar-refractivity contribution in [2.75, 3.05) is 13.2 Å². The zero-order valence-corrected chi connectivity index (χ0v) is 34.4. The van der Waals surface area contributed by atoms with Crippen LogP contribution in [0.1, 0.15) is 252 Å². The molecule has 0 N–H and O–H groups in total. The van der Waals surface area contributed by atoms with Gasteiger partial charge in [0.15, 0.2) is 6.10 Å². The maximum absolute atomic E-state index is 12.6. The predicted octanol–water partition coefficient (Wildman–Crippen LogP) is 14.1. The quantitative estimate of drug-likeness (QED) is 0.0355. The summed E-state index contributed by atoms with van der Waals surface area (Å²) in [5.74, 6) is -0.860. The molecule has 0 saturated heterocycles. The minimum Gasteiger partial charge on any atom is -0.462 e. The molecule has 0 aliphatic carbocycles. The predicted molar refractivity (Wildman–Crippen MR) is 215 cm³/mol. The summed E-state index contributed by atoms with van der Waals surface area (Å²) >= 11 is 0. The second-order valence-corrected chi connectivity index (χ2v) is 15.3. The number of esters is 3. The number of hydrogen-bond donors (Lipinski definition) is 0. The zero-order chi connectivity index (χ0) is 37.3. The van der Waals surface area contributed by atoms with Crippen LogP contribution in [0.25, 0.3) is 0 Å². The number of ether oxygens (including phenoxy) is 3. The fourth-order valence-electron chi connectivity index (χ4n) is 6.68. The van der Waals surface area contributed by atoms with Gasteiger partial charge in [0.2, 0.25) is 0 Å². The molecule has 0 aromatic rings. The van der Waals surface area contributed by atoms with Gasteiger partial charge in [-0.05, 0) is 19.3 Å². The summed E-state index contributed by atoms with van der Waals surface area (Å²) in [4.78, 5) is 37.5. The third-order valence-corrected chi connectivity index (χ3v) is 10.1. The van der Waals surface area contributed by atoms with Crippen LogP contribution in [0.4, 0.5) is 0 Å². The van der Waals surface area contributed by atoms with E-state index in [0.717, 1.165) is 57.8 Å². The van der Waals surface area contributed by atoms with E-state index in [4.69, 9.17) is 14.2 Å². The molecule has 0 fully saturated rings. The molecule has 6 nitrogen and oxygen atoms in total. The number of hydrogen-bond acceptors (Lipinski definition) is 6. The molecule has 0 aliphatic heterocycles. The molecule has 0 saturated carbocycles. The van der Waals surface area contributed by atoms with E-state index in [-0.39, 0.29) is 31.1 Å². The van der Waals surface area contributed by atoms with Gasteiger partial charge in [0, 0.05) is 19.3 Å². The Labute approximate surface area is 317 Å². The molecule has 1 atom stereocenters. The van der Waals surface area contributed by atoms with Gasteiger partial charge in [-0.1, -0.05) is 213 Å². The standard InChI is InChI=1S/C45H86O6/c1-4-7-10-13-16-18-20-21-22-23-24-25-27-29-32-35-38-44(47)50-41-42(40-49-43(46)37-34-31-28-15-12-9-6-3)51-45(48)39-36-33-30-26-19-17-14-11-8-5-2/h42H,4-41H2,1-3H3/t42-/m0/s1. The lowest BCUT2D eigenvalue weighted by molar-refractivity contribution is -0.167. The van der Waals surface area contributed by atoms with Crippen LogP contribution in [0, 0.1) is 0 Å². The SMILES string of the molecule is CCCCCCCCCCCCCCCCCCC(=O)OC[C@H](COC(=O)CCCCCCCCC)OC(=O)CCCCCCCCCCCC. The van der Waals surface area contributed by atoms with Crippen molar-refractivity contribution in [1.82, 2.24) is 0 Å². The number of carbonyl (C=O) groups excluding carboxylic acids is 3. The van der Waals surface area contributed by atoms with Crippen molar-refractivity contribution >= 4 is 17.9 Å². The highest BCUT2D eigenvalue weighted by Gasteiger charge is 2.19. The highest BCUT2D eigenvalue weighted by Crippen LogP contribution is 2.16. The van der Waals surface area contributed by atoms with Gasteiger partial charge in [0.05, 0.1) is 0 Å². The fourth-order valence-corrected chi connectivity index (χ4v) is 6.68. The normalized spacial score (nSPS) is 11.8. The molecule has 0 bridgehead atoms. The Bertz CT molecular complexity index is 753. The van der Waals surface area contributed by atoms with Gasteiger partial charge >= 0.3 is 17.9 Å². The Kier molecular flexibility index (Phi) is 39.9. The highest BCUT2D eigenvalue weighted by atomic mass is 16.6. The molecular formula is C45H86O6. The largest absolute Gasteiger partial charge is 0.462 e. The first-order chi connectivity index (χ1) is 25.0. The van der Waals surface area contributed by atoms with Crippen LogP contribution < -0.4 is 0 Å². The van der Waals surface area contributed by atoms with Gasteiger partial charge in [-0.15, -0.1) is 0 Å². The van der Waals surface area contributed by atoms with Crippen molar-refractivity contribution in [2.24, 2.45) is 0 Å². The highest BCUT2D eigenvalue weighted by molar-refractivity contribution is 5.71. The Morgan fingerprint density at radius 2 is 0.529 bits per heavy atom. The Balaban J connectivity index is 4.21. The molecule has 0 aliphatic rings. The molecule has 0 radical (unpaired) electrons. The number of rotatable bonds is 41. The summed E-state index contributed by atoms with van der Waals surface area (Å²) < 4.78 is 16.6. The molecule has 0 amide bonds. The summed E-state index contributed by atoms with van der Waals surface area (Å²) in [6.07, 6.45) is 41.0. The summed E-state index contributed by atoms with van der Waals surface area (Å²) in [6, 6.07) is 0. The van der Waals surface area contributed by atoms with Gasteiger partial charge in [-0.2, -0.15) is 0 Å². The van der Waals surface area contributed by atoms with Crippen molar-refractivity contribution in [3.63, 3.8) is 0 Å². The average Bonchev–Trinajstić information content (AvgIpc) is 3.12. The lowest BCUT2D eigenvalue weighted by atomic mass is 10.0. The van der Waals surface area contributed by atoms with E-state index in [1.165, 1.54) is 154 Å². The van der Waals surface area contributed by atoms with Crippen molar-refractivity contribution < 1.29 is 28.6 Å². The Hall–Kier alpha value is -1.59. The van der Waals surface area contributed by atoms with E-state index in [1.807, 2.05) is 0 Å². The lowest BCUT2D eigenvalue weighted by Gasteiger charge is -2.18. The molecule has 0 spiro atoms. The monoisotopic (exact) mass is 723 g/mol. The molecule has 0 aromatic carbocycles. The van der Waals surface area contributed by atoms with E-state index in [0.29, 0.717) is 19.3 Å². The fraction of sp³-hybridized carbons (Fsp3) is 0.933. The van der Waals surface area contributed by atoms with Crippen LogP contribution in [0.15, 0.2) is 0 Å². The number of carbonyl (C=O) groups is 3. The summed E-state index contributed by atoms with van der Waals surface area (Å²) in [5, 5.41) is 0.